The van der Waals surface area contributed by atoms with E-state index in [0.717, 1.165) is 24.8 Å². The fraction of sp³-hybridized carbons (Fsp3) is 0.519. The molecule has 1 unspecified atom stereocenters. The monoisotopic (exact) mass is 426 g/mol. The molecule has 0 bridgehead atoms. The van der Waals surface area contributed by atoms with Crippen LogP contribution in [0.3, 0.4) is 0 Å². The predicted octanol–water partition coefficient (Wildman–Crippen LogP) is 7.47. The fourth-order valence-corrected chi connectivity index (χ4v) is 5.16. The van der Waals surface area contributed by atoms with E-state index in [9.17, 15) is 9.90 Å². The van der Waals surface area contributed by atoms with E-state index < -0.39 is 5.97 Å². The minimum Gasteiger partial charge on any atom is -0.481 e. The van der Waals surface area contributed by atoms with Crippen LogP contribution >= 0.6 is 11.8 Å². The highest BCUT2D eigenvalue weighted by atomic mass is 32.2. The van der Waals surface area contributed by atoms with Crippen molar-refractivity contribution in [3.8, 4) is 0 Å². The van der Waals surface area contributed by atoms with Crippen LogP contribution in [0.5, 0.6) is 0 Å². The molecule has 2 aromatic rings. The molecule has 1 atom stereocenters. The lowest BCUT2D eigenvalue weighted by molar-refractivity contribution is -0.138. The first-order valence-electron chi connectivity index (χ1n) is 11.2. The zero-order valence-electron chi connectivity index (χ0n) is 18.9. The molecular formula is C27H38O2S. The molecule has 0 saturated carbocycles. The summed E-state index contributed by atoms with van der Waals surface area (Å²) in [6.07, 6.45) is 7.11. The summed E-state index contributed by atoms with van der Waals surface area (Å²) in [7, 11) is 0. The van der Waals surface area contributed by atoms with Gasteiger partial charge in [-0.25, -0.2) is 0 Å². The minimum absolute atomic E-state index is 0.196. The molecule has 2 rings (SSSR count). The molecule has 0 radical (unpaired) electrons. The highest BCUT2D eigenvalue weighted by Crippen LogP contribution is 2.33. The van der Waals surface area contributed by atoms with Crippen LogP contribution in [0.15, 0.2) is 60.7 Å². The summed E-state index contributed by atoms with van der Waals surface area (Å²) in [6.45, 7) is 6.78. The fourth-order valence-electron chi connectivity index (χ4n) is 4.14. The molecule has 0 saturated heterocycles. The first-order chi connectivity index (χ1) is 14.3. The first kappa shape index (κ1) is 24.5. The normalized spacial score (nSPS) is 13.7. The van der Waals surface area contributed by atoms with E-state index in [4.69, 9.17) is 0 Å². The molecule has 0 amide bonds. The second-order valence-corrected chi connectivity index (χ2v) is 10.5. The molecule has 0 aromatic heterocycles. The van der Waals surface area contributed by atoms with Crippen molar-refractivity contribution in [2.24, 2.45) is 0 Å². The Bertz CT molecular complexity index is 742. The quantitative estimate of drug-likeness (QED) is 0.318. The molecule has 0 aliphatic rings. The average Bonchev–Trinajstić information content (AvgIpc) is 2.73. The lowest BCUT2D eigenvalue weighted by Gasteiger charge is -2.28. The Kier molecular flexibility index (Phi) is 9.97. The number of hydrogen-bond donors (Lipinski definition) is 1. The zero-order valence-corrected chi connectivity index (χ0v) is 19.7. The standard InChI is InChI=1S/C27H38O2S/c1-26(2,23-14-6-4-7-15-23)18-10-12-20-30-21-13-11-19-27(3,22-25(28)29)24-16-8-5-9-17-24/h4-9,14-17H,10-13,18-22H2,1-3H3,(H,28,29). The van der Waals surface area contributed by atoms with Crippen molar-refractivity contribution in [2.45, 2.75) is 76.5 Å². The lowest BCUT2D eigenvalue weighted by Crippen LogP contribution is -2.25. The van der Waals surface area contributed by atoms with E-state index in [0.29, 0.717) is 0 Å². The summed E-state index contributed by atoms with van der Waals surface area (Å²) < 4.78 is 0. The Morgan fingerprint density at radius 3 is 1.80 bits per heavy atom. The van der Waals surface area contributed by atoms with Crippen LogP contribution < -0.4 is 0 Å². The number of aliphatic carboxylic acids is 1. The molecule has 0 aliphatic carbocycles. The van der Waals surface area contributed by atoms with Gasteiger partial charge in [-0.2, -0.15) is 11.8 Å². The predicted molar refractivity (Wildman–Crippen MR) is 131 cm³/mol. The van der Waals surface area contributed by atoms with Crippen LogP contribution in [0.2, 0.25) is 0 Å². The smallest absolute Gasteiger partial charge is 0.304 e. The van der Waals surface area contributed by atoms with Crippen molar-refractivity contribution in [1.82, 2.24) is 0 Å². The summed E-state index contributed by atoms with van der Waals surface area (Å²) in [5.41, 5.74) is 2.54. The summed E-state index contributed by atoms with van der Waals surface area (Å²) in [6, 6.07) is 20.9. The number of carboxylic acid groups (broad SMARTS) is 1. The van der Waals surface area contributed by atoms with Crippen molar-refractivity contribution < 1.29 is 9.90 Å². The molecular weight excluding hydrogens is 388 g/mol. The van der Waals surface area contributed by atoms with Gasteiger partial charge in [-0.3, -0.25) is 4.79 Å². The third-order valence-corrected chi connectivity index (χ3v) is 7.33. The molecule has 164 valence electrons. The third kappa shape index (κ3) is 8.18. The van der Waals surface area contributed by atoms with Crippen LogP contribution in [0.25, 0.3) is 0 Å². The molecule has 0 fully saturated rings. The summed E-state index contributed by atoms with van der Waals surface area (Å²) in [5.74, 6) is 1.67. The van der Waals surface area contributed by atoms with Gasteiger partial charge in [-0.1, -0.05) is 94.3 Å². The lowest BCUT2D eigenvalue weighted by atomic mass is 9.75. The molecule has 0 heterocycles. The number of benzene rings is 2. The molecule has 2 aromatic carbocycles. The number of unbranched alkanes of at least 4 members (excludes halogenated alkanes) is 2. The average molecular weight is 427 g/mol. The van der Waals surface area contributed by atoms with E-state index in [1.54, 1.807) is 0 Å². The van der Waals surface area contributed by atoms with Crippen molar-refractivity contribution >= 4 is 17.7 Å². The number of hydrogen-bond acceptors (Lipinski definition) is 2. The van der Waals surface area contributed by atoms with Crippen molar-refractivity contribution in [2.75, 3.05) is 11.5 Å². The number of carboxylic acids is 1. The highest BCUT2D eigenvalue weighted by Gasteiger charge is 2.28. The summed E-state index contributed by atoms with van der Waals surface area (Å²) >= 11 is 2.04. The van der Waals surface area contributed by atoms with Crippen LogP contribution in [0.1, 0.15) is 76.8 Å². The minimum atomic E-state index is -0.714. The van der Waals surface area contributed by atoms with Crippen molar-refractivity contribution in [3.05, 3.63) is 71.8 Å². The molecule has 0 spiro atoms. The second kappa shape index (κ2) is 12.2. The molecule has 1 N–H and O–H groups in total. The van der Waals surface area contributed by atoms with E-state index in [1.807, 2.05) is 30.0 Å². The SMILES string of the molecule is CC(C)(CCCCSCCCCC(C)(CC(=O)O)c1ccccc1)c1ccccc1. The van der Waals surface area contributed by atoms with E-state index in [2.05, 4.69) is 63.2 Å². The molecule has 0 aliphatic heterocycles. The van der Waals surface area contributed by atoms with Gasteiger partial charge >= 0.3 is 5.97 Å². The van der Waals surface area contributed by atoms with E-state index >= 15 is 0 Å². The third-order valence-electron chi connectivity index (χ3n) is 6.18. The Balaban J connectivity index is 1.62. The topological polar surface area (TPSA) is 37.3 Å². The second-order valence-electron chi connectivity index (χ2n) is 9.27. The maximum absolute atomic E-state index is 11.4. The van der Waals surface area contributed by atoms with Crippen LogP contribution in [-0.2, 0) is 15.6 Å². The Morgan fingerprint density at radius 2 is 1.27 bits per heavy atom. The maximum atomic E-state index is 11.4. The Morgan fingerprint density at radius 1 is 0.767 bits per heavy atom. The van der Waals surface area contributed by atoms with Gasteiger partial charge in [0, 0.05) is 5.41 Å². The van der Waals surface area contributed by atoms with Gasteiger partial charge in [-0.15, -0.1) is 0 Å². The van der Waals surface area contributed by atoms with Gasteiger partial charge < -0.3 is 5.11 Å². The van der Waals surface area contributed by atoms with Gasteiger partial charge in [0.1, 0.15) is 0 Å². The van der Waals surface area contributed by atoms with Gasteiger partial charge in [0.25, 0.3) is 0 Å². The highest BCUT2D eigenvalue weighted by molar-refractivity contribution is 7.99. The zero-order chi connectivity index (χ0) is 21.9. The number of rotatable bonds is 14. The van der Waals surface area contributed by atoms with E-state index in [1.165, 1.54) is 36.3 Å². The number of thioether (sulfide) groups is 1. The Labute approximate surface area is 187 Å². The van der Waals surface area contributed by atoms with Crippen LogP contribution in [0.4, 0.5) is 0 Å². The van der Waals surface area contributed by atoms with Crippen LogP contribution in [0, 0.1) is 0 Å². The van der Waals surface area contributed by atoms with E-state index in [-0.39, 0.29) is 17.3 Å². The molecule has 2 nitrogen and oxygen atoms in total. The summed E-state index contributed by atoms with van der Waals surface area (Å²) in [5, 5.41) is 9.36. The largest absolute Gasteiger partial charge is 0.481 e. The number of carbonyl (C=O) groups is 1. The van der Waals surface area contributed by atoms with Gasteiger partial charge in [0.15, 0.2) is 0 Å². The Hall–Kier alpha value is -1.74. The van der Waals surface area contributed by atoms with Gasteiger partial charge in [0.05, 0.1) is 6.42 Å². The van der Waals surface area contributed by atoms with Crippen LogP contribution in [-0.4, -0.2) is 22.6 Å². The molecule has 3 heteroatoms. The van der Waals surface area contributed by atoms with Gasteiger partial charge in [0.2, 0.25) is 0 Å². The van der Waals surface area contributed by atoms with Crippen molar-refractivity contribution in [1.29, 1.82) is 0 Å². The molecule has 30 heavy (non-hydrogen) atoms. The summed E-state index contributed by atoms with van der Waals surface area (Å²) in [4.78, 5) is 11.4. The first-order valence-corrected chi connectivity index (χ1v) is 12.4. The maximum Gasteiger partial charge on any atom is 0.304 e. The van der Waals surface area contributed by atoms with Gasteiger partial charge in [-0.05, 0) is 53.7 Å². The van der Waals surface area contributed by atoms with Crippen molar-refractivity contribution in [3.63, 3.8) is 0 Å².